The fourth-order valence-corrected chi connectivity index (χ4v) is 3.30. The number of nitrogens with zero attached hydrogens (tertiary/aromatic N) is 2. The Morgan fingerprint density at radius 1 is 1.04 bits per heavy atom. The summed E-state index contributed by atoms with van der Waals surface area (Å²) in [6.45, 7) is 9.35. The minimum Gasteiger partial charge on any atom is -0.497 e. The lowest BCUT2D eigenvalue weighted by Gasteiger charge is -2.28. The van der Waals surface area contributed by atoms with Crippen LogP contribution in [0.25, 0.3) is 10.9 Å². The highest BCUT2D eigenvalue weighted by Crippen LogP contribution is 2.24. The first-order chi connectivity index (χ1) is 13.0. The van der Waals surface area contributed by atoms with E-state index in [9.17, 15) is 0 Å². The summed E-state index contributed by atoms with van der Waals surface area (Å²) < 4.78 is 17.0. The number of nitrogens with one attached hydrogen (secondary N) is 1. The van der Waals surface area contributed by atoms with Gasteiger partial charge in [0.05, 0.1) is 20.3 Å². The van der Waals surface area contributed by atoms with Crippen LogP contribution in [0.4, 0.5) is 0 Å². The molecule has 0 fully saturated rings. The Morgan fingerprint density at radius 2 is 1.78 bits per heavy atom. The number of hydrogen-bond donors (Lipinski definition) is 1. The fourth-order valence-electron chi connectivity index (χ4n) is 3.30. The summed E-state index contributed by atoms with van der Waals surface area (Å²) in [6.07, 6.45) is 0.678. The van der Waals surface area contributed by atoms with Crippen molar-refractivity contribution in [3.63, 3.8) is 0 Å². The Bertz CT molecular complexity index is 838. The first-order valence-corrected chi connectivity index (χ1v) is 9.62. The summed E-state index contributed by atoms with van der Waals surface area (Å²) in [6, 6.07) is 7.86. The van der Waals surface area contributed by atoms with Gasteiger partial charge in [-0.1, -0.05) is 13.8 Å². The summed E-state index contributed by atoms with van der Waals surface area (Å²) in [7, 11) is 1.68. The van der Waals surface area contributed by atoms with Gasteiger partial charge >= 0.3 is 0 Å². The van der Waals surface area contributed by atoms with E-state index in [1.807, 2.05) is 32.0 Å². The molecule has 1 aliphatic heterocycles. The van der Waals surface area contributed by atoms with Gasteiger partial charge in [0.25, 0.3) is 0 Å². The summed E-state index contributed by atoms with van der Waals surface area (Å²) in [4.78, 5) is 13.2. The monoisotopic (exact) mass is 371 g/mol. The van der Waals surface area contributed by atoms with E-state index in [1.165, 1.54) is 0 Å². The molecule has 0 amide bonds. The van der Waals surface area contributed by atoms with Crippen molar-refractivity contribution in [2.45, 2.75) is 46.2 Å². The third kappa shape index (κ3) is 4.26. The molecule has 1 aromatic carbocycles. The number of H-pyrrole nitrogens is 1. The zero-order chi connectivity index (χ0) is 19.4. The first-order valence-electron chi connectivity index (χ1n) is 9.62. The van der Waals surface area contributed by atoms with Gasteiger partial charge in [-0.05, 0) is 44.0 Å². The van der Waals surface area contributed by atoms with Crippen LogP contribution >= 0.6 is 0 Å². The van der Waals surface area contributed by atoms with Crippen LogP contribution in [0.3, 0.4) is 0 Å². The number of hydrogen-bond acceptors (Lipinski definition) is 5. The van der Waals surface area contributed by atoms with Gasteiger partial charge in [-0.15, -0.1) is 0 Å². The first kappa shape index (κ1) is 19.3. The van der Waals surface area contributed by atoms with Gasteiger partial charge in [-0.3, -0.25) is 0 Å². The van der Waals surface area contributed by atoms with Gasteiger partial charge in [0, 0.05) is 23.0 Å². The standard InChI is InChI=1S/C21H29N3O3/c1-6-26-20-18(23-21(27-7-2)19(24-20)13(3)4)12-15-10-14-11-16(25-5)8-9-17(14)22-15/h8-11,13,18-19,22H,6-7,12H2,1-5H3/t18-,19+/m1/s1. The zero-order valence-corrected chi connectivity index (χ0v) is 16.8. The Labute approximate surface area is 160 Å². The molecule has 6 nitrogen and oxygen atoms in total. The third-order valence-corrected chi connectivity index (χ3v) is 4.60. The van der Waals surface area contributed by atoms with E-state index in [4.69, 9.17) is 24.2 Å². The molecule has 0 spiro atoms. The molecule has 27 heavy (non-hydrogen) atoms. The molecule has 1 aromatic heterocycles. The van der Waals surface area contributed by atoms with Crippen molar-refractivity contribution in [1.82, 2.24) is 4.98 Å². The van der Waals surface area contributed by atoms with Crippen LogP contribution in [0, 0.1) is 5.92 Å². The van der Waals surface area contributed by atoms with Crippen LogP contribution in [0.15, 0.2) is 34.3 Å². The molecule has 0 saturated heterocycles. The Kier molecular flexibility index (Phi) is 6.04. The average Bonchev–Trinajstić information content (AvgIpc) is 3.05. The van der Waals surface area contributed by atoms with E-state index in [0.29, 0.717) is 37.3 Å². The predicted molar refractivity (Wildman–Crippen MR) is 109 cm³/mol. The highest BCUT2D eigenvalue weighted by molar-refractivity contribution is 5.94. The van der Waals surface area contributed by atoms with Crippen molar-refractivity contribution in [3.05, 3.63) is 30.0 Å². The Morgan fingerprint density at radius 3 is 2.44 bits per heavy atom. The van der Waals surface area contributed by atoms with Gasteiger partial charge in [-0.25, -0.2) is 9.98 Å². The molecule has 2 atom stereocenters. The Hall–Kier alpha value is -2.50. The second-order valence-electron chi connectivity index (χ2n) is 6.96. The van der Waals surface area contributed by atoms with Crippen molar-refractivity contribution >= 4 is 22.7 Å². The molecule has 0 aliphatic carbocycles. The van der Waals surface area contributed by atoms with Crippen LogP contribution in [-0.4, -0.2) is 49.2 Å². The second-order valence-corrected chi connectivity index (χ2v) is 6.96. The van der Waals surface area contributed by atoms with Gasteiger partial charge < -0.3 is 19.2 Å². The van der Waals surface area contributed by atoms with Crippen molar-refractivity contribution in [2.75, 3.05) is 20.3 Å². The van der Waals surface area contributed by atoms with E-state index in [1.54, 1.807) is 7.11 Å². The molecular formula is C21H29N3O3. The van der Waals surface area contributed by atoms with Gasteiger partial charge in [0.2, 0.25) is 11.8 Å². The normalized spacial score (nSPS) is 19.8. The minimum absolute atomic E-state index is 0.0882. The van der Waals surface area contributed by atoms with Crippen LogP contribution in [0.2, 0.25) is 0 Å². The van der Waals surface area contributed by atoms with Gasteiger partial charge in [0.1, 0.15) is 17.8 Å². The number of aromatic amines is 1. The molecular weight excluding hydrogens is 342 g/mol. The predicted octanol–water partition coefficient (Wildman–Crippen LogP) is 4.00. The van der Waals surface area contributed by atoms with E-state index in [-0.39, 0.29) is 12.1 Å². The number of benzene rings is 1. The van der Waals surface area contributed by atoms with E-state index in [0.717, 1.165) is 22.3 Å². The number of ether oxygens (including phenoxy) is 3. The molecule has 2 aromatic rings. The lowest BCUT2D eigenvalue weighted by molar-refractivity contribution is 0.275. The smallest absolute Gasteiger partial charge is 0.210 e. The largest absolute Gasteiger partial charge is 0.497 e. The third-order valence-electron chi connectivity index (χ3n) is 4.60. The number of methoxy groups -OCH3 is 1. The van der Waals surface area contributed by atoms with E-state index in [2.05, 4.69) is 24.9 Å². The topological polar surface area (TPSA) is 68.2 Å². The summed E-state index contributed by atoms with van der Waals surface area (Å²) in [5.41, 5.74) is 2.16. The van der Waals surface area contributed by atoms with Crippen molar-refractivity contribution < 1.29 is 14.2 Å². The number of fused-ring (bicyclic) bond motifs is 1. The van der Waals surface area contributed by atoms with Crippen molar-refractivity contribution in [2.24, 2.45) is 15.9 Å². The highest BCUT2D eigenvalue weighted by Gasteiger charge is 2.31. The molecule has 3 rings (SSSR count). The quantitative estimate of drug-likeness (QED) is 0.835. The molecule has 0 unspecified atom stereocenters. The minimum atomic E-state index is -0.184. The van der Waals surface area contributed by atoms with Crippen LogP contribution in [0.5, 0.6) is 5.75 Å². The lowest BCUT2D eigenvalue weighted by Crippen LogP contribution is -2.39. The number of aliphatic imine (C=N–C) groups is 2. The van der Waals surface area contributed by atoms with Gasteiger partial charge in [0.15, 0.2) is 0 Å². The second kappa shape index (κ2) is 8.46. The maximum Gasteiger partial charge on any atom is 0.210 e. The summed E-state index contributed by atoms with van der Waals surface area (Å²) in [5.74, 6) is 2.54. The van der Waals surface area contributed by atoms with E-state index < -0.39 is 0 Å². The maximum atomic E-state index is 5.84. The van der Waals surface area contributed by atoms with Crippen LogP contribution in [-0.2, 0) is 15.9 Å². The lowest BCUT2D eigenvalue weighted by atomic mass is 10.0. The molecule has 6 heteroatoms. The maximum absolute atomic E-state index is 5.84. The van der Waals surface area contributed by atoms with Crippen molar-refractivity contribution in [3.8, 4) is 5.75 Å². The Balaban J connectivity index is 1.89. The number of rotatable bonds is 6. The average molecular weight is 371 g/mol. The summed E-state index contributed by atoms with van der Waals surface area (Å²) in [5, 5.41) is 1.11. The molecule has 146 valence electrons. The molecule has 1 aliphatic rings. The SMILES string of the molecule is CCOC1=N[C@H](Cc2cc3cc(OC)ccc3[nH]2)C(OCC)=N[C@H]1C(C)C. The summed E-state index contributed by atoms with van der Waals surface area (Å²) >= 11 is 0. The molecule has 1 N–H and O–H groups in total. The number of aromatic nitrogens is 1. The molecule has 2 heterocycles. The fraction of sp³-hybridized carbons (Fsp3) is 0.524. The van der Waals surface area contributed by atoms with E-state index >= 15 is 0 Å². The molecule has 0 saturated carbocycles. The van der Waals surface area contributed by atoms with Crippen LogP contribution in [0.1, 0.15) is 33.4 Å². The molecule has 0 bridgehead atoms. The van der Waals surface area contributed by atoms with Crippen molar-refractivity contribution in [1.29, 1.82) is 0 Å². The highest BCUT2D eigenvalue weighted by atomic mass is 16.5. The van der Waals surface area contributed by atoms with Gasteiger partial charge in [-0.2, -0.15) is 0 Å². The zero-order valence-electron chi connectivity index (χ0n) is 16.8. The molecule has 0 radical (unpaired) electrons. The van der Waals surface area contributed by atoms with Crippen LogP contribution < -0.4 is 4.74 Å².